The summed E-state index contributed by atoms with van der Waals surface area (Å²) in [5.41, 5.74) is -0.813. The van der Waals surface area contributed by atoms with Crippen molar-refractivity contribution in [2.45, 2.75) is 24.2 Å². The molecule has 8 heteroatoms. The third-order valence-electron chi connectivity index (χ3n) is 4.75. The Morgan fingerprint density at radius 1 is 1.50 bits per heavy atom. The highest BCUT2D eigenvalue weighted by Crippen LogP contribution is 2.50. The van der Waals surface area contributed by atoms with Crippen LogP contribution in [-0.2, 0) is 14.8 Å². The van der Waals surface area contributed by atoms with Crippen LogP contribution in [0.15, 0.2) is 23.2 Å². The molecule has 1 saturated carbocycles. The molecule has 2 fully saturated rings. The molecule has 3 rings (SSSR count). The van der Waals surface area contributed by atoms with E-state index in [-0.39, 0.29) is 29.6 Å². The lowest BCUT2D eigenvalue weighted by atomic mass is 9.81. The summed E-state index contributed by atoms with van der Waals surface area (Å²) in [6.07, 6.45) is 3.23. The number of pyridine rings is 1. The van der Waals surface area contributed by atoms with Gasteiger partial charge in [-0.1, -0.05) is 6.42 Å². The van der Waals surface area contributed by atoms with Gasteiger partial charge in [0.15, 0.2) is 0 Å². The number of nitriles is 1. The van der Waals surface area contributed by atoms with Crippen molar-refractivity contribution in [2.24, 2.45) is 11.3 Å². The second-order valence-corrected chi connectivity index (χ2v) is 7.78. The smallest absolute Gasteiger partial charge is 0.311 e. The average molecular weight is 321 g/mol. The van der Waals surface area contributed by atoms with Crippen LogP contribution in [0.3, 0.4) is 0 Å². The van der Waals surface area contributed by atoms with Crippen LogP contribution in [0.25, 0.3) is 0 Å². The first-order valence-corrected chi connectivity index (χ1v) is 8.44. The number of aliphatic carboxylic acids is 1. The number of hydrogen-bond acceptors (Lipinski definition) is 5. The zero-order chi connectivity index (χ0) is 16.0. The third-order valence-corrected chi connectivity index (χ3v) is 6.55. The maximum absolute atomic E-state index is 12.6. The van der Waals surface area contributed by atoms with Crippen molar-refractivity contribution in [1.82, 2.24) is 9.29 Å². The van der Waals surface area contributed by atoms with Crippen molar-refractivity contribution in [2.75, 3.05) is 13.1 Å². The molecular weight excluding hydrogens is 306 g/mol. The SMILES string of the molecule is N#Cc1ccc(S(=O)(=O)N2C[C@@H]3CCC[C@@]3(C(=O)O)C2)cn1. The first-order chi connectivity index (χ1) is 10.4. The molecule has 1 aliphatic heterocycles. The number of fused-ring (bicyclic) bond motifs is 1. The van der Waals surface area contributed by atoms with Gasteiger partial charge in [0.2, 0.25) is 10.0 Å². The van der Waals surface area contributed by atoms with Gasteiger partial charge in [0.05, 0.1) is 5.41 Å². The molecule has 0 radical (unpaired) electrons. The van der Waals surface area contributed by atoms with E-state index in [0.717, 1.165) is 19.0 Å². The number of carbonyl (C=O) groups is 1. The number of carboxylic acids is 1. The molecule has 1 aliphatic carbocycles. The van der Waals surface area contributed by atoms with Crippen LogP contribution in [-0.4, -0.2) is 41.9 Å². The van der Waals surface area contributed by atoms with Crippen molar-refractivity contribution < 1.29 is 18.3 Å². The Hall–Kier alpha value is -1.98. The highest BCUT2D eigenvalue weighted by molar-refractivity contribution is 7.89. The molecule has 0 amide bonds. The zero-order valence-electron chi connectivity index (χ0n) is 11.8. The van der Waals surface area contributed by atoms with Gasteiger partial charge in [-0.25, -0.2) is 13.4 Å². The maximum atomic E-state index is 12.6. The van der Waals surface area contributed by atoms with Crippen molar-refractivity contribution in [1.29, 1.82) is 5.26 Å². The van der Waals surface area contributed by atoms with E-state index in [9.17, 15) is 18.3 Å². The van der Waals surface area contributed by atoms with E-state index >= 15 is 0 Å². The van der Waals surface area contributed by atoms with E-state index < -0.39 is 21.4 Å². The zero-order valence-corrected chi connectivity index (χ0v) is 12.6. The molecule has 116 valence electrons. The van der Waals surface area contributed by atoms with Crippen LogP contribution >= 0.6 is 0 Å². The molecule has 2 aliphatic rings. The van der Waals surface area contributed by atoms with Crippen LogP contribution in [0.2, 0.25) is 0 Å². The molecule has 2 atom stereocenters. The number of sulfonamides is 1. The minimum Gasteiger partial charge on any atom is -0.481 e. The Balaban J connectivity index is 1.91. The highest BCUT2D eigenvalue weighted by Gasteiger charge is 2.57. The normalized spacial score (nSPS) is 28.2. The van der Waals surface area contributed by atoms with Gasteiger partial charge in [-0.05, 0) is 30.9 Å². The summed E-state index contributed by atoms with van der Waals surface area (Å²) in [7, 11) is -3.78. The largest absolute Gasteiger partial charge is 0.481 e. The number of carboxylic acid groups (broad SMARTS) is 1. The first kappa shape index (κ1) is 14.9. The number of hydrogen-bond donors (Lipinski definition) is 1. The lowest BCUT2D eigenvalue weighted by Crippen LogP contribution is -2.37. The van der Waals surface area contributed by atoms with E-state index in [4.69, 9.17) is 5.26 Å². The minimum atomic E-state index is -3.78. The van der Waals surface area contributed by atoms with Crippen LogP contribution in [0.5, 0.6) is 0 Å². The summed E-state index contributed by atoms with van der Waals surface area (Å²) >= 11 is 0. The predicted octanol–water partition coefficient (Wildman–Crippen LogP) is 0.829. The van der Waals surface area contributed by atoms with Crippen LogP contribution < -0.4 is 0 Å². The van der Waals surface area contributed by atoms with Gasteiger partial charge in [-0.2, -0.15) is 9.57 Å². The maximum Gasteiger partial charge on any atom is 0.311 e. The molecule has 1 aromatic heterocycles. The van der Waals surface area contributed by atoms with Gasteiger partial charge in [-0.3, -0.25) is 4.79 Å². The summed E-state index contributed by atoms with van der Waals surface area (Å²) < 4.78 is 26.5. The van der Waals surface area contributed by atoms with Gasteiger partial charge >= 0.3 is 5.97 Å². The molecule has 1 N–H and O–H groups in total. The van der Waals surface area contributed by atoms with E-state index in [1.807, 2.05) is 6.07 Å². The van der Waals surface area contributed by atoms with Crippen molar-refractivity contribution in [3.63, 3.8) is 0 Å². The van der Waals surface area contributed by atoms with Gasteiger partial charge < -0.3 is 5.11 Å². The first-order valence-electron chi connectivity index (χ1n) is 7.00. The Morgan fingerprint density at radius 2 is 2.27 bits per heavy atom. The van der Waals surface area contributed by atoms with Gasteiger partial charge in [0, 0.05) is 19.3 Å². The summed E-state index contributed by atoms with van der Waals surface area (Å²) in [6, 6.07) is 4.51. The standard InChI is InChI=1S/C14H15N3O4S/c15-6-11-3-4-12(7-16-11)22(20,21)17-8-10-2-1-5-14(10,9-17)13(18)19/h3-4,7,10H,1-2,5,8-9H2,(H,18,19)/t10-,14+/m0/s1. The van der Waals surface area contributed by atoms with Gasteiger partial charge in [-0.15, -0.1) is 0 Å². The monoisotopic (exact) mass is 321 g/mol. The van der Waals surface area contributed by atoms with Crippen LogP contribution in [0.4, 0.5) is 0 Å². The summed E-state index contributed by atoms with van der Waals surface area (Å²) in [5, 5.41) is 18.2. The molecule has 2 heterocycles. The fraction of sp³-hybridized carbons (Fsp3) is 0.500. The Bertz CT molecular complexity index is 753. The summed E-state index contributed by atoms with van der Waals surface area (Å²) in [5.74, 6) is -1.04. The van der Waals surface area contributed by atoms with Gasteiger partial charge in [0.1, 0.15) is 16.7 Å². The summed E-state index contributed by atoms with van der Waals surface area (Å²) in [4.78, 5) is 15.4. The minimum absolute atomic E-state index is 0.00740. The molecule has 1 saturated heterocycles. The Labute approximate surface area is 128 Å². The van der Waals surface area contributed by atoms with Crippen molar-refractivity contribution in [3.8, 4) is 6.07 Å². The Morgan fingerprint density at radius 3 is 2.82 bits per heavy atom. The second-order valence-electron chi connectivity index (χ2n) is 5.84. The van der Waals surface area contributed by atoms with Crippen LogP contribution in [0.1, 0.15) is 25.0 Å². The van der Waals surface area contributed by atoms with Crippen LogP contribution in [0, 0.1) is 22.7 Å². The van der Waals surface area contributed by atoms with E-state index in [2.05, 4.69) is 4.98 Å². The van der Waals surface area contributed by atoms with E-state index in [1.165, 1.54) is 16.4 Å². The average Bonchev–Trinajstić information content (AvgIpc) is 3.05. The predicted molar refractivity (Wildman–Crippen MR) is 75.1 cm³/mol. The molecular formula is C14H15N3O4S. The van der Waals surface area contributed by atoms with Crippen molar-refractivity contribution in [3.05, 3.63) is 24.0 Å². The van der Waals surface area contributed by atoms with Crippen molar-refractivity contribution >= 4 is 16.0 Å². The fourth-order valence-corrected chi connectivity index (χ4v) is 5.02. The quantitative estimate of drug-likeness (QED) is 0.882. The van der Waals surface area contributed by atoms with E-state index in [0.29, 0.717) is 6.42 Å². The lowest BCUT2D eigenvalue weighted by Gasteiger charge is -2.23. The molecule has 22 heavy (non-hydrogen) atoms. The molecule has 7 nitrogen and oxygen atoms in total. The molecule has 0 unspecified atom stereocenters. The second kappa shape index (κ2) is 5.04. The van der Waals surface area contributed by atoms with E-state index in [1.54, 1.807) is 0 Å². The molecule has 0 aromatic carbocycles. The molecule has 0 bridgehead atoms. The lowest BCUT2D eigenvalue weighted by molar-refractivity contribution is -0.149. The number of aromatic nitrogens is 1. The highest BCUT2D eigenvalue weighted by atomic mass is 32.2. The summed E-state index contributed by atoms with van der Waals surface area (Å²) in [6.45, 7) is 0.240. The Kier molecular flexibility index (Phi) is 3.42. The third kappa shape index (κ3) is 2.09. The van der Waals surface area contributed by atoms with Gasteiger partial charge in [0.25, 0.3) is 0 Å². The fourth-order valence-electron chi connectivity index (χ4n) is 3.52. The topological polar surface area (TPSA) is 111 Å². The number of nitrogens with zero attached hydrogens (tertiary/aromatic N) is 3. The number of rotatable bonds is 3. The molecule has 1 aromatic rings. The molecule has 0 spiro atoms.